The highest BCUT2D eigenvalue weighted by Gasteiger charge is 2.33. The number of alkyl halides is 3. The molecule has 0 saturated carbocycles. The van der Waals surface area contributed by atoms with Crippen LogP contribution in [0.3, 0.4) is 0 Å². The smallest absolute Gasteiger partial charge is 0.245 e. The molecular formula is C18H10Cl3F3N4. The standard InChI is InChI=1S/C18H10Cl3F3N4/c19-12-4-1-10(2-5-12)15-8-16(18(22,23)24)27-17(26-15)28-25-9-11-3-6-13(20)7-14(11)21/h1-9H,(H,26,27,28)/b25-9-. The highest BCUT2D eigenvalue weighted by atomic mass is 35.5. The maximum absolute atomic E-state index is 13.2. The SMILES string of the molecule is FC(F)(F)c1cc(-c2ccc(Cl)cc2)nc(N/N=C\c2ccc(Cl)cc2Cl)n1. The first-order chi connectivity index (χ1) is 13.2. The Bertz CT molecular complexity index is 1020. The van der Waals surface area contributed by atoms with Crippen LogP contribution in [-0.2, 0) is 6.18 Å². The molecule has 0 radical (unpaired) electrons. The Morgan fingerprint density at radius 2 is 1.57 bits per heavy atom. The summed E-state index contributed by atoms with van der Waals surface area (Å²) < 4.78 is 39.6. The Kier molecular flexibility index (Phi) is 6.07. The molecular weight excluding hydrogens is 436 g/mol. The Morgan fingerprint density at radius 3 is 2.21 bits per heavy atom. The molecule has 28 heavy (non-hydrogen) atoms. The van der Waals surface area contributed by atoms with Gasteiger partial charge in [0.25, 0.3) is 0 Å². The van der Waals surface area contributed by atoms with Crippen LogP contribution in [0.15, 0.2) is 53.6 Å². The van der Waals surface area contributed by atoms with E-state index in [2.05, 4.69) is 20.5 Å². The number of nitrogens with one attached hydrogen (secondary N) is 1. The van der Waals surface area contributed by atoms with Gasteiger partial charge in [-0.15, -0.1) is 0 Å². The molecule has 3 aromatic rings. The number of benzene rings is 2. The van der Waals surface area contributed by atoms with Gasteiger partial charge in [-0.3, -0.25) is 0 Å². The molecule has 3 rings (SSSR count). The molecule has 1 heterocycles. The van der Waals surface area contributed by atoms with Crippen LogP contribution in [0.4, 0.5) is 19.1 Å². The average Bonchev–Trinajstić information content (AvgIpc) is 2.63. The molecule has 0 spiro atoms. The van der Waals surface area contributed by atoms with Gasteiger partial charge < -0.3 is 0 Å². The number of halogens is 6. The fourth-order valence-electron chi connectivity index (χ4n) is 2.18. The topological polar surface area (TPSA) is 50.2 Å². The summed E-state index contributed by atoms with van der Waals surface area (Å²) in [6.07, 6.45) is -3.33. The van der Waals surface area contributed by atoms with E-state index in [1.165, 1.54) is 12.3 Å². The second kappa shape index (κ2) is 8.34. The van der Waals surface area contributed by atoms with Crippen LogP contribution in [0.1, 0.15) is 11.3 Å². The molecule has 144 valence electrons. The third-order valence-corrected chi connectivity index (χ3v) is 4.30. The van der Waals surface area contributed by atoms with Crippen LogP contribution in [0.2, 0.25) is 15.1 Å². The molecule has 0 aliphatic rings. The molecule has 0 saturated heterocycles. The lowest BCUT2D eigenvalue weighted by atomic mass is 10.1. The van der Waals surface area contributed by atoms with E-state index < -0.39 is 11.9 Å². The van der Waals surface area contributed by atoms with Crippen molar-refractivity contribution >= 4 is 47.0 Å². The lowest BCUT2D eigenvalue weighted by Crippen LogP contribution is -2.11. The lowest BCUT2D eigenvalue weighted by molar-refractivity contribution is -0.141. The summed E-state index contributed by atoms with van der Waals surface area (Å²) in [6.45, 7) is 0. The van der Waals surface area contributed by atoms with Crippen LogP contribution < -0.4 is 5.43 Å². The van der Waals surface area contributed by atoms with Crippen molar-refractivity contribution in [2.45, 2.75) is 6.18 Å². The summed E-state index contributed by atoms with van der Waals surface area (Å²) in [5.41, 5.74) is 2.33. The molecule has 2 aromatic carbocycles. The predicted octanol–water partition coefficient (Wildman–Crippen LogP) is 6.57. The molecule has 0 amide bonds. The van der Waals surface area contributed by atoms with E-state index in [1.54, 1.807) is 36.4 Å². The number of anilines is 1. The number of hydrazone groups is 1. The van der Waals surface area contributed by atoms with Crippen molar-refractivity contribution in [1.29, 1.82) is 0 Å². The van der Waals surface area contributed by atoms with Gasteiger partial charge in [-0.1, -0.05) is 53.0 Å². The zero-order chi connectivity index (χ0) is 20.3. The van der Waals surface area contributed by atoms with Crippen molar-refractivity contribution in [3.8, 4) is 11.3 Å². The zero-order valence-electron chi connectivity index (χ0n) is 13.8. The number of hydrogen-bond acceptors (Lipinski definition) is 4. The quantitative estimate of drug-likeness (QED) is 0.365. The van der Waals surface area contributed by atoms with Crippen LogP contribution in [0.25, 0.3) is 11.3 Å². The largest absolute Gasteiger partial charge is 0.433 e. The van der Waals surface area contributed by atoms with Gasteiger partial charge in [-0.05, 0) is 30.3 Å². The molecule has 10 heteroatoms. The molecule has 0 unspecified atom stereocenters. The summed E-state index contributed by atoms with van der Waals surface area (Å²) in [6, 6.07) is 11.8. The van der Waals surface area contributed by atoms with E-state index in [0.717, 1.165) is 6.07 Å². The van der Waals surface area contributed by atoms with Crippen molar-refractivity contribution in [2.24, 2.45) is 5.10 Å². The van der Waals surface area contributed by atoms with Crippen LogP contribution in [0.5, 0.6) is 0 Å². The summed E-state index contributed by atoms with van der Waals surface area (Å²) in [7, 11) is 0. The second-order valence-electron chi connectivity index (χ2n) is 5.50. The van der Waals surface area contributed by atoms with E-state index in [1.807, 2.05) is 0 Å². The summed E-state index contributed by atoms with van der Waals surface area (Å²) in [5, 5.41) is 5.10. The Balaban J connectivity index is 1.92. The lowest BCUT2D eigenvalue weighted by Gasteiger charge is -2.10. The molecule has 0 bridgehead atoms. The van der Waals surface area contributed by atoms with Gasteiger partial charge in [-0.25, -0.2) is 15.4 Å². The van der Waals surface area contributed by atoms with Crippen molar-refractivity contribution in [3.63, 3.8) is 0 Å². The minimum Gasteiger partial charge on any atom is -0.245 e. The summed E-state index contributed by atoms with van der Waals surface area (Å²) in [5.74, 6) is -0.318. The van der Waals surface area contributed by atoms with Crippen molar-refractivity contribution in [3.05, 3.63) is 74.9 Å². The number of aromatic nitrogens is 2. The molecule has 0 atom stereocenters. The molecule has 0 aliphatic heterocycles. The molecule has 1 aromatic heterocycles. The predicted molar refractivity (Wildman–Crippen MR) is 105 cm³/mol. The highest BCUT2D eigenvalue weighted by Crippen LogP contribution is 2.31. The summed E-state index contributed by atoms with van der Waals surface area (Å²) >= 11 is 17.7. The fraction of sp³-hybridized carbons (Fsp3) is 0.0556. The molecule has 1 N–H and O–H groups in total. The fourth-order valence-corrected chi connectivity index (χ4v) is 2.76. The van der Waals surface area contributed by atoms with Crippen LogP contribution >= 0.6 is 34.8 Å². The van der Waals surface area contributed by atoms with E-state index in [4.69, 9.17) is 34.8 Å². The van der Waals surface area contributed by atoms with Gasteiger partial charge in [0.1, 0.15) is 0 Å². The minimum atomic E-state index is -4.65. The first kappa shape index (κ1) is 20.4. The van der Waals surface area contributed by atoms with Gasteiger partial charge in [0.05, 0.1) is 16.9 Å². The number of rotatable bonds is 4. The van der Waals surface area contributed by atoms with E-state index in [-0.39, 0.29) is 11.6 Å². The van der Waals surface area contributed by atoms with Gasteiger partial charge in [0.15, 0.2) is 5.69 Å². The van der Waals surface area contributed by atoms with Gasteiger partial charge in [0.2, 0.25) is 5.95 Å². The Hall–Kier alpha value is -2.35. The zero-order valence-corrected chi connectivity index (χ0v) is 16.1. The maximum atomic E-state index is 13.2. The monoisotopic (exact) mass is 444 g/mol. The van der Waals surface area contributed by atoms with Crippen molar-refractivity contribution in [2.75, 3.05) is 5.43 Å². The normalized spacial score (nSPS) is 11.8. The summed E-state index contributed by atoms with van der Waals surface area (Å²) in [4.78, 5) is 7.56. The Morgan fingerprint density at radius 1 is 0.893 bits per heavy atom. The third kappa shape index (κ3) is 5.13. The Labute approximate surface area is 173 Å². The maximum Gasteiger partial charge on any atom is 0.433 e. The number of hydrogen-bond donors (Lipinski definition) is 1. The van der Waals surface area contributed by atoms with Crippen LogP contribution in [-0.4, -0.2) is 16.2 Å². The molecule has 0 aliphatic carbocycles. The highest BCUT2D eigenvalue weighted by molar-refractivity contribution is 6.36. The van der Waals surface area contributed by atoms with E-state index in [9.17, 15) is 13.2 Å². The minimum absolute atomic E-state index is 0.0706. The van der Waals surface area contributed by atoms with Gasteiger partial charge in [-0.2, -0.15) is 18.3 Å². The second-order valence-corrected chi connectivity index (χ2v) is 6.78. The first-order valence-corrected chi connectivity index (χ1v) is 8.82. The van der Waals surface area contributed by atoms with Gasteiger partial charge >= 0.3 is 6.18 Å². The third-order valence-electron chi connectivity index (χ3n) is 3.49. The number of nitrogens with zero attached hydrogens (tertiary/aromatic N) is 3. The van der Waals surface area contributed by atoms with E-state index >= 15 is 0 Å². The average molecular weight is 446 g/mol. The van der Waals surface area contributed by atoms with Gasteiger partial charge in [0, 0.05) is 21.2 Å². The van der Waals surface area contributed by atoms with Crippen LogP contribution in [0, 0.1) is 0 Å². The molecule has 0 fully saturated rings. The molecule has 4 nitrogen and oxygen atoms in total. The van der Waals surface area contributed by atoms with Crippen molar-refractivity contribution < 1.29 is 13.2 Å². The first-order valence-electron chi connectivity index (χ1n) is 7.69. The van der Waals surface area contributed by atoms with E-state index in [0.29, 0.717) is 26.2 Å². The van der Waals surface area contributed by atoms with Crippen molar-refractivity contribution in [1.82, 2.24) is 9.97 Å².